The maximum absolute atomic E-state index is 11.8. The van der Waals surface area contributed by atoms with Gasteiger partial charge in [-0.2, -0.15) is 0 Å². The monoisotopic (exact) mass is 320 g/mol. The van der Waals surface area contributed by atoms with Crippen LogP contribution in [0.3, 0.4) is 0 Å². The third-order valence-electron chi connectivity index (χ3n) is 3.50. The minimum absolute atomic E-state index is 0.00186. The zero-order valence-electron chi connectivity index (χ0n) is 14.9. The van der Waals surface area contributed by atoms with Crippen LogP contribution in [-0.2, 0) is 9.59 Å². The Morgan fingerprint density at radius 1 is 1.00 bits per heavy atom. The van der Waals surface area contributed by atoms with E-state index in [9.17, 15) is 9.59 Å². The van der Waals surface area contributed by atoms with Crippen molar-refractivity contribution in [2.24, 2.45) is 0 Å². The van der Waals surface area contributed by atoms with E-state index in [0.29, 0.717) is 6.54 Å². The van der Waals surface area contributed by atoms with Crippen molar-refractivity contribution in [1.82, 2.24) is 15.5 Å². The highest BCUT2D eigenvalue weighted by atomic mass is 16.2. The molecular formula is C17H28N4O2. The van der Waals surface area contributed by atoms with Crippen LogP contribution < -0.4 is 15.5 Å². The van der Waals surface area contributed by atoms with E-state index in [2.05, 4.69) is 10.6 Å². The summed E-state index contributed by atoms with van der Waals surface area (Å²) < 4.78 is 0. The van der Waals surface area contributed by atoms with Crippen LogP contribution in [0.1, 0.15) is 25.5 Å². The van der Waals surface area contributed by atoms with E-state index in [-0.39, 0.29) is 12.1 Å². The zero-order valence-corrected chi connectivity index (χ0v) is 14.9. The maximum Gasteiger partial charge on any atom is 0.309 e. The van der Waals surface area contributed by atoms with E-state index in [0.717, 1.165) is 11.3 Å². The molecule has 0 heterocycles. The van der Waals surface area contributed by atoms with E-state index >= 15 is 0 Å². The van der Waals surface area contributed by atoms with Gasteiger partial charge in [-0.15, -0.1) is 0 Å². The molecule has 2 amide bonds. The molecule has 1 aromatic rings. The van der Waals surface area contributed by atoms with Gasteiger partial charge >= 0.3 is 11.8 Å². The Labute approximate surface area is 138 Å². The van der Waals surface area contributed by atoms with Crippen molar-refractivity contribution < 1.29 is 9.59 Å². The first kappa shape index (κ1) is 19.0. The van der Waals surface area contributed by atoms with Gasteiger partial charge in [-0.1, -0.05) is 12.1 Å². The average Bonchev–Trinajstić information content (AvgIpc) is 2.46. The van der Waals surface area contributed by atoms with Gasteiger partial charge in [-0.3, -0.25) is 9.59 Å². The van der Waals surface area contributed by atoms with Crippen molar-refractivity contribution in [3.63, 3.8) is 0 Å². The summed E-state index contributed by atoms with van der Waals surface area (Å²) in [4.78, 5) is 27.5. The summed E-state index contributed by atoms with van der Waals surface area (Å²) >= 11 is 0. The fraction of sp³-hybridized carbons (Fsp3) is 0.529. The molecule has 1 aromatic carbocycles. The lowest BCUT2D eigenvalue weighted by molar-refractivity contribution is -0.139. The molecule has 0 radical (unpaired) electrons. The molecule has 2 N–H and O–H groups in total. The first-order valence-corrected chi connectivity index (χ1v) is 7.74. The minimum atomic E-state index is -0.601. The van der Waals surface area contributed by atoms with E-state index in [4.69, 9.17) is 0 Å². The maximum atomic E-state index is 11.8. The standard InChI is InChI=1S/C17H28N4O2/c1-12(2)19-17(23)16(22)18-11-15(21(5)6)13-7-9-14(10-8-13)20(3)4/h7-10,12,15H,11H2,1-6H3,(H,18,22)(H,19,23)/t15-/m0/s1. The van der Waals surface area contributed by atoms with Crippen LogP contribution in [0, 0.1) is 0 Å². The second-order valence-corrected chi connectivity index (χ2v) is 6.30. The number of hydrogen-bond acceptors (Lipinski definition) is 4. The molecule has 0 fully saturated rings. The molecule has 0 saturated heterocycles. The number of anilines is 1. The largest absolute Gasteiger partial charge is 0.378 e. The van der Waals surface area contributed by atoms with Crippen LogP contribution in [0.15, 0.2) is 24.3 Å². The molecule has 1 atom stereocenters. The smallest absolute Gasteiger partial charge is 0.309 e. The summed E-state index contributed by atoms with van der Waals surface area (Å²) in [5, 5.41) is 5.29. The Kier molecular flexibility index (Phi) is 7.03. The number of carbonyl (C=O) groups is 2. The van der Waals surface area contributed by atoms with Crippen molar-refractivity contribution >= 4 is 17.5 Å². The number of nitrogens with zero attached hydrogens (tertiary/aromatic N) is 2. The fourth-order valence-electron chi connectivity index (χ4n) is 2.19. The van der Waals surface area contributed by atoms with Gasteiger partial charge in [0.1, 0.15) is 0 Å². The summed E-state index contributed by atoms with van der Waals surface area (Å²) in [5.41, 5.74) is 2.21. The van der Waals surface area contributed by atoms with E-state index in [1.807, 2.05) is 76.1 Å². The summed E-state index contributed by atoms with van der Waals surface area (Å²) in [5.74, 6) is -1.20. The van der Waals surface area contributed by atoms with Crippen LogP contribution in [0.25, 0.3) is 0 Å². The Balaban J connectivity index is 2.72. The Morgan fingerprint density at radius 3 is 2.00 bits per heavy atom. The number of amides is 2. The molecule has 128 valence electrons. The number of carbonyl (C=O) groups excluding carboxylic acids is 2. The van der Waals surface area contributed by atoms with Gasteiger partial charge in [-0.25, -0.2) is 0 Å². The molecule has 0 aromatic heterocycles. The summed E-state index contributed by atoms with van der Waals surface area (Å²) in [6.45, 7) is 4.01. The van der Waals surface area contributed by atoms with Crippen LogP contribution in [-0.4, -0.2) is 57.5 Å². The molecule has 0 aliphatic carbocycles. The molecular weight excluding hydrogens is 292 g/mol. The number of benzene rings is 1. The molecule has 0 aliphatic heterocycles. The van der Waals surface area contributed by atoms with E-state index in [1.165, 1.54) is 0 Å². The molecule has 6 heteroatoms. The van der Waals surface area contributed by atoms with Gasteiger partial charge in [-0.05, 0) is 45.6 Å². The number of rotatable bonds is 6. The summed E-state index contributed by atoms with van der Waals surface area (Å²) in [6, 6.07) is 8.11. The van der Waals surface area contributed by atoms with Gasteiger partial charge in [0.2, 0.25) is 0 Å². The molecule has 0 spiro atoms. The molecule has 0 unspecified atom stereocenters. The highest BCUT2D eigenvalue weighted by molar-refractivity contribution is 6.35. The Hall–Kier alpha value is -2.08. The topological polar surface area (TPSA) is 64.7 Å². The lowest BCUT2D eigenvalue weighted by atomic mass is 10.1. The summed E-state index contributed by atoms with van der Waals surface area (Å²) in [7, 11) is 7.88. The molecule has 23 heavy (non-hydrogen) atoms. The van der Waals surface area contributed by atoms with Crippen LogP contribution in [0.4, 0.5) is 5.69 Å². The quantitative estimate of drug-likeness (QED) is 0.768. The van der Waals surface area contributed by atoms with Gasteiger partial charge in [0.25, 0.3) is 0 Å². The average molecular weight is 320 g/mol. The normalized spacial score (nSPS) is 12.2. The number of likely N-dealkylation sites (N-methyl/N-ethyl adjacent to an activating group) is 1. The van der Waals surface area contributed by atoms with Crippen molar-refractivity contribution in [2.75, 3.05) is 39.6 Å². The number of nitrogens with one attached hydrogen (secondary N) is 2. The van der Waals surface area contributed by atoms with Crippen molar-refractivity contribution in [3.8, 4) is 0 Å². The van der Waals surface area contributed by atoms with Gasteiger partial charge in [0.05, 0.1) is 6.04 Å². The van der Waals surface area contributed by atoms with Crippen LogP contribution in [0.2, 0.25) is 0 Å². The van der Waals surface area contributed by atoms with Gasteiger partial charge < -0.3 is 20.4 Å². The highest BCUT2D eigenvalue weighted by Gasteiger charge is 2.19. The van der Waals surface area contributed by atoms with Crippen molar-refractivity contribution in [1.29, 1.82) is 0 Å². The number of hydrogen-bond donors (Lipinski definition) is 2. The molecule has 0 bridgehead atoms. The van der Waals surface area contributed by atoms with E-state index in [1.54, 1.807) is 0 Å². The zero-order chi connectivity index (χ0) is 17.6. The predicted octanol–water partition coefficient (Wildman–Crippen LogP) is 0.996. The van der Waals surface area contributed by atoms with Gasteiger partial charge in [0.15, 0.2) is 0 Å². The lowest BCUT2D eigenvalue weighted by Gasteiger charge is -2.25. The Morgan fingerprint density at radius 2 is 1.57 bits per heavy atom. The molecule has 6 nitrogen and oxygen atoms in total. The molecule has 1 rings (SSSR count). The second kappa shape index (κ2) is 8.53. The SMILES string of the molecule is CC(C)NC(=O)C(=O)NC[C@@H](c1ccc(N(C)C)cc1)N(C)C. The van der Waals surface area contributed by atoms with Crippen LogP contribution in [0.5, 0.6) is 0 Å². The van der Waals surface area contributed by atoms with E-state index < -0.39 is 11.8 Å². The predicted molar refractivity (Wildman–Crippen MR) is 93.5 cm³/mol. The summed E-state index contributed by atoms with van der Waals surface area (Å²) in [6.07, 6.45) is 0. The second-order valence-electron chi connectivity index (χ2n) is 6.30. The third kappa shape index (κ3) is 5.90. The minimum Gasteiger partial charge on any atom is -0.378 e. The van der Waals surface area contributed by atoms with Crippen LogP contribution >= 0.6 is 0 Å². The first-order chi connectivity index (χ1) is 10.7. The fourth-order valence-corrected chi connectivity index (χ4v) is 2.19. The first-order valence-electron chi connectivity index (χ1n) is 7.74. The van der Waals surface area contributed by atoms with Crippen molar-refractivity contribution in [3.05, 3.63) is 29.8 Å². The molecule has 0 aliphatic rings. The third-order valence-corrected chi connectivity index (χ3v) is 3.50. The van der Waals surface area contributed by atoms with Gasteiger partial charge in [0, 0.05) is 32.4 Å². The highest BCUT2D eigenvalue weighted by Crippen LogP contribution is 2.20. The van der Waals surface area contributed by atoms with Crippen molar-refractivity contribution in [2.45, 2.75) is 25.9 Å². The molecule has 0 saturated carbocycles. The Bertz CT molecular complexity index is 524. The lowest BCUT2D eigenvalue weighted by Crippen LogP contribution is -2.45.